The predicted molar refractivity (Wildman–Crippen MR) is 91.7 cm³/mol. The summed E-state index contributed by atoms with van der Waals surface area (Å²) >= 11 is 1.19. The fourth-order valence-corrected chi connectivity index (χ4v) is 4.25. The van der Waals surface area contributed by atoms with Gasteiger partial charge < -0.3 is 4.74 Å². The molecule has 1 aliphatic carbocycles. The summed E-state index contributed by atoms with van der Waals surface area (Å²) in [5.74, 6) is -2.06. The van der Waals surface area contributed by atoms with Crippen molar-refractivity contribution in [3.8, 4) is 5.75 Å². The van der Waals surface area contributed by atoms with Crippen molar-refractivity contribution in [2.75, 3.05) is 0 Å². The first-order chi connectivity index (χ1) is 12.7. The number of rotatable bonds is 4. The van der Waals surface area contributed by atoms with Crippen molar-refractivity contribution in [1.29, 1.82) is 0 Å². The van der Waals surface area contributed by atoms with Gasteiger partial charge in [0.15, 0.2) is 4.96 Å². The van der Waals surface area contributed by atoms with Crippen LogP contribution in [0, 0.1) is 18.7 Å². The van der Waals surface area contributed by atoms with Crippen molar-refractivity contribution >= 4 is 16.3 Å². The molecule has 0 spiro atoms. The van der Waals surface area contributed by atoms with Gasteiger partial charge in [-0.25, -0.2) is 9.37 Å². The van der Waals surface area contributed by atoms with Gasteiger partial charge in [-0.1, -0.05) is 0 Å². The monoisotopic (exact) mass is 398 g/mol. The van der Waals surface area contributed by atoms with Crippen LogP contribution in [0.3, 0.4) is 0 Å². The van der Waals surface area contributed by atoms with Crippen molar-refractivity contribution in [3.05, 3.63) is 62.8 Å². The van der Waals surface area contributed by atoms with Crippen LogP contribution in [0.1, 0.15) is 28.6 Å². The van der Waals surface area contributed by atoms with Gasteiger partial charge in [0.25, 0.3) is 5.56 Å². The summed E-state index contributed by atoms with van der Waals surface area (Å²) in [5, 5.41) is 0. The summed E-state index contributed by atoms with van der Waals surface area (Å²) in [5.41, 5.74) is 0.339. The first kappa shape index (κ1) is 18.0. The van der Waals surface area contributed by atoms with E-state index in [9.17, 15) is 22.4 Å². The van der Waals surface area contributed by atoms with E-state index >= 15 is 0 Å². The van der Waals surface area contributed by atoms with E-state index in [1.54, 1.807) is 6.92 Å². The predicted octanol–water partition coefficient (Wildman–Crippen LogP) is 4.45. The quantitative estimate of drug-likeness (QED) is 0.610. The summed E-state index contributed by atoms with van der Waals surface area (Å²) in [4.78, 5) is 17.9. The molecule has 1 aliphatic rings. The molecule has 4 rings (SSSR count). The first-order valence-corrected chi connectivity index (χ1v) is 9.03. The molecule has 0 aliphatic heterocycles. The molecule has 1 fully saturated rings. The Hall–Kier alpha value is -2.42. The molecule has 3 aromatic rings. The highest BCUT2D eigenvalue weighted by Gasteiger charge is 2.57. The Morgan fingerprint density at radius 1 is 1.30 bits per heavy atom. The Balaban J connectivity index is 1.61. The lowest BCUT2D eigenvalue weighted by Gasteiger charge is -2.07. The van der Waals surface area contributed by atoms with E-state index in [0.717, 1.165) is 0 Å². The number of aryl methyl sites for hydroxylation is 1. The third kappa shape index (κ3) is 3.43. The van der Waals surface area contributed by atoms with Crippen LogP contribution in [0.15, 0.2) is 35.1 Å². The summed E-state index contributed by atoms with van der Waals surface area (Å²) in [6.07, 6.45) is -4.26. The van der Waals surface area contributed by atoms with E-state index in [1.165, 1.54) is 46.1 Å². The molecule has 0 unspecified atom stereocenters. The molecule has 9 heteroatoms. The van der Waals surface area contributed by atoms with Crippen molar-refractivity contribution in [2.24, 2.45) is 5.92 Å². The van der Waals surface area contributed by atoms with Crippen molar-refractivity contribution < 1.29 is 22.3 Å². The summed E-state index contributed by atoms with van der Waals surface area (Å²) in [6.45, 7) is 1.70. The first-order valence-electron chi connectivity index (χ1n) is 8.21. The highest BCUT2D eigenvalue weighted by Crippen LogP contribution is 2.57. The largest absolute Gasteiger partial charge is 0.487 e. The number of ether oxygens (including phenoxy) is 1. The molecule has 4 nitrogen and oxygen atoms in total. The molecule has 2 heterocycles. The molecule has 2 aromatic heterocycles. The number of thiazole rings is 1. The van der Waals surface area contributed by atoms with Gasteiger partial charge in [0.2, 0.25) is 0 Å². The molecule has 0 N–H and O–H groups in total. The summed E-state index contributed by atoms with van der Waals surface area (Å²) < 4.78 is 58.5. The molecular weight excluding hydrogens is 384 g/mol. The standard InChI is InChI=1S/C18H14F4N2O2S/c1-9-16(13-7-14(13)18(20,21)22)24-15(25)6-11(23-17(24)27-9)8-26-12-4-2-10(19)3-5-12/h2-6,13-14H,7-8H2,1H3/t13-,14-/m1/s1. The topological polar surface area (TPSA) is 43.6 Å². The van der Waals surface area contributed by atoms with Crippen LogP contribution >= 0.6 is 11.3 Å². The number of alkyl halides is 3. The molecule has 0 radical (unpaired) electrons. The summed E-state index contributed by atoms with van der Waals surface area (Å²) in [7, 11) is 0. The highest BCUT2D eigenvalue weighted by molar-refractivity contribution is 7.17. The number of benzene rings is 1. The Morgan fingerprint density at radius 3 is 2.63 bits per heavy atom. The molecule has 0 bridgehead atoms. The van der Waals surface area contributed by atoms with Crippen LogP contribution in [0.4, 0.5) is 17.6 Å². The third-order valence-electron chi connectivity index (χ3n) is 4.55. The van der Waals surface area contributed by atoms with Gasteiger partial charge >= 0.3 is 6.18 Å². The average Bonchev–Trinajstić information content (AvgIpc) is 3.31. The lowest BCUT2D eigenvalue weighted by Crippen LogP contribution is -2.18. The van der Waals surface area contributed by atoms with Crippen LogP contribution < -0.4 is 10.3 Å². The molecule has 27 heavy (non-hydrogen) atoms. The Bertz CT molecular complexity index is 1060. The number of halogens is 4. The molecule has 1 saturated carbocycles. The maximum atomic E-state index is 12.9. The Morgan fingerprint density at radius 2 is 2.00 bits per heavy atom. The van der Waals surface area contributed by atoms with Crippen LogP contribution in [-0.2, 0) is 6.61 Å². The van der Waals surface area contributed by atoms with E-state index < -0.39 is 23.6 Å². The van der Waals surface area contributed by atoms with E-state index in [-0.39, 0.29) is 18.8 Å². The minimum absolute atomic E-state index is 0.00173. The van der Waals surface area contributed by atoms with Crippen molar-refractivity contribution in [3.63, 3.8) is 0 Å². The second kappa shape index (κ2) is 6.33. The van der Waals surface area contributed by atoms with Gasteiger partial charge in [-0.05, 0) is 37.6 Å². The Labute approximate surface area is 155 Å². The van der Waals surface area contributed by atoms with E-state index in [1.807, 2.05) is 0 Å². The second-order valence-corrected chi connectivity index (χ2v) is 7.66. The molecule has 1 aromatic carbocycles. The number of fused-ring (bicyclic) bond motifs is 1. The molecule has 2 atom stereocenters. The Kier molecular flexibility index (Phi) is 4.21. The van der Waals surface area contributed by atoms with Gasteiger partial charge in [0.05, 0.1) is 11.6 Å². The maximum Gasteiger partial charge on any atom is 0.392 e. The molecule has 0 amide bonds. The van der Waals surface area contributed by atoms with Gasteiger partial charge in [-0.2, -0.15) is 13.2 Å². The summed E-state index contributed by atoms with van der Waals surface area (Å²) in [6, 6.07) is 6.68. The van der Waals surface area contributed by atoms with Crippen LogP contribution in [-0.4, -0.2) is 15.6 Å². The average molecular weight is 398 g/mol. The van der Waals surface area contributed by atoms with E-state index in [0.29, 0.717) is 27.0 Å². The van der Waals surface area contributed by atoms with Gasteiger partial charge in [0.1, 0.15) is 18.2 Å². The zero-order valence-electron chi connectivity index (χ0n) is 14.1. The lowest BCUT2D eigenvalue weighted by atomic mass is 10.2. The normalized spacial score (nSPS) is 19.4. The lowest BCUT2D eigenvalue weighted by molar-refractivity contribution is -0.148. The van der Waals surface area contributed by atoms with Crippen molar-refractivity contribution in [2.45, 2.75) is 32.0 Å². The van der Waals surface area contributed by atoms with Crippen LogP contribution in [0.25, 0.3) is 4.96 Å². The number of hydrogen-bond donors (Lipinski definition) is 0. The fourth-order valence-electron chi connectivity index (χ4n) is 3.19. The number of nitrogens with zero attached hydrogens (tertiary/aromatic N) is 2. The number of hydrogen-bond acceptors (Lipinski definition) is 4. The van der Waals surface area contributed by atoms with Crippen LogP contribution in [0.5, 0.6) is 5.75 Å². The maximum absolute atomic E-state index is 12.9. The van der Waals surface area contributed by atoms with E-state index in [4.69, 9.17) is 4.74 Å². The minimum Gasteiger partial charge on any atom is -0.487 e. The minimum atomic E-state index is -4.26. The zero-order valence-corrected chi connectivity index (χ0v) is 14.9. The highest BCUT2D eigenvalue weighted by atomic mass is 32.1. The van der Waals surface area contributed by atoms with Crippen LogP contribution in [0.2, 0.25) is 0 Å². The molecule has 142 valence electrons. The van der Waals surface area contributed by atoms with Gasteiger partial charge in [-0.3, -0.25) is 9.20 Å². The smallest absolute Gasteiger partial charge is 0.392 e. The van der Waals surface area contributed by atoms with E-state index in [2.05, 4.69) is 4.98 Å². The zero-order chi connectivity index (χ0) is 19.3. The van der Waals surface area contributed by atoms with Crippen molar-refractivity contribution in [1.82, 2.24) is 9.38 Å². The third-order valence-corrected chi connectivity index (χ3v) is 5.52. The number of aromatic nitrogens is 2. The van der Waals surface area contributed by atoms with Gasteiger partial charge in [-0.15, -0.1) is 11.3 Å². The second-order valence-electron chi connectivity index (χ2n) is 6.48. The molecule has 0 saturated heterocycles. The molecular formula is C18H14F4N2O2S. The SMILES string of the molecule is Cc1sc2nc(COc3ccc(F)cc3)cc(=O)n2c1[C@@H]1C[C@H]1C(F)(F)F. The van der Waals surface area contributed by atoms with Gasteiger partial charge in [0, 0.05) is 22.6 Å². The fraction of sp³-hybridized carbons (Fsp3) is 0.333.